The molecule has 0 radical (unpaired) electrons. The zero-order valence-corrected chi connectivity index (χ0v) is 11.4. The fourth-order valence-corrected chi connectivity index (χ4v) is 1.53. The average Bonchev–Trinajstić information content (AvgIpc) is 2.49. The van der Waals surface area contributed by atoms with Gasteiger partial charge in [-0.05, 0) is 19.3 Å². The van der Waals surface area contributed by atoms with Crippen molar-refractivity contribution in [2.75, 3.05) is 6.61 Å². The quantitative estimate of drug-likeness (QED) is 0.618. The summed E-state index contributed by atoms with van der Waals surface area (Å²) in [6.07, 6.45) is 3.74. The van der Waals surface area contributed by atoms with E-state index in [0.29, 0.717) is 13.0 Å². The summed E-state index contributed by atoms with van der Waals surface area (Å²) in [6.45, 7) is 2.61. The van der Waals surface area contributed by atoms with Crippen molar-refractivity contribution < 1.29 is 19.3 Å². The molecule has 19 heavy (non-hydrogen) atoms. The van der Waals surface area contributed by atoms with Crippen molar-refractivity contribution in [3.05, 3.63) is 36.4 Å². The van der Waals surface area contributed by atoms with E-state index < -0.39 is 0 Å². The molecule has 106 valence electrons. The molecule has 1 atom stereocenters. The lowest BCUT2D eigenvalue weighted by atomic mass is 10.2. The molecule has 0 aromatic heterocycles. The van der Waals surface area contributed by atoms with E-state index in [4.69, 9.17) is 9.62 Å². The maximum Gasteiger partial charge on any atom is 0.342 e. The number of carbonyl (C=O) groups excluding carboxylic acids is 1. The predicted octanol–water partition coefficient (Wildman–Crippen LogP) is 3.47. The lowest BCUT2D eigenvalue weighted by molar-refractivity contribution is -0.358. The molecule has 1 aliphatic heterocycles. The van der Waals surface area contributed by atoms with Crippen molar-refractivity contribution in [3.63, 3.8) is 0 Å². The summed E-state index contributed by atoms with van der Waals surface area (Å²) in [5.74, 6) is -0.323. The molecule has 1 aliphatic rings. The number of carbonyl (C=O) groups is 1. The second kappa shape index (κ2) is 10.5. The van der Waals surface area contributed by atoms with Crippen LogP contribution in [0, 0.1) is 0 Å². The first-order valence-electron chi connectivity index (χ1n) is 6.80. The van der Waals surface area contributed by atoms with Gasteiger partial charge in [0.15, 0.2) is 0 Å². The molecule has 1 saturated heterocycles. The van der Waals surface area contributed by atoms with E-state index in [0.717, 1.165) is 25.7 Å². The lowest BCUT2D eigenvalue weighted by Crippen LogP contribution is -2.23. The molecule has 1 heterocycles. The fraction of sp³-hybridized carbons (Fsp3) is 0.533. The molecule has 0 aliphatic carbocycles. The molecular formula is C15H22O4. The number of benzene rings is 1. The molecule has 4 heteroatoms. The van der Waals surface area contributed by atoms with Crippen molar-refractivity contribution in [2.45, 2.75) is 45.3 Å². The zero-order chi connectivity index (χ0) is 13.8. The number of rotatable bonds is 4. The summed E-state index contributed by atoms with van der Waals surface area (Å²) in [5.41, 5.74) is 0. The third kappa shape index (κ3) is 8.35. The van der Waals surface area contributed by atoms with Crippen LogP contribution in [0.25, 0.3) is 0 Å². The van der Waals surface area contributed by atoms with Gasteiger partial charge in [-0.1, -0.05) is 43.3 Å². The van der Waals surface area contributed by atoms with Crippen LogP contribution in [0.3, 0.4) is 0 Å². The summed E-state index contributed by atoms with van der Waals surface area (Å²) >= 11 is 0. The Morgan fingerprint density at radius 3 is 2.26 bits per heavy atom. The van der Waals surface area contributed by atoms with Crippen molar-refractivity contribution >= 4 is 5.97 Å². The molecular weight excluding hydrogens is 244 g/mol. The fourth-order valence-electron chi connectivity index (χ4n) is 1.53. The third-order valence-electron chi connectivity index (χ3n) is 2.51. The third-order valence-corrected chi connectivity index (χ3v) is 2.51. The Balaban J connectivity index is 0.000000250. The molecule has 0 saturated carbocycles. The first-order chi connectivity index (χ1) is 9.33. The normalized spacial score (nSPS) is 18.1. The lowest BCUT2D eigenvalue weighted by Gasteiger charge is -2.20. The van der Waals surface area contributed by atoms with Crippen LogP contribution in [0.5, 0.6) is 0 Å². The summed E-state index contributed by atoms with van der Waals surface area (Å²) in [7, 11) is 0. The van der Waals surface area contributed by atoms with Crippen LogP contribution in [0.4, 0.5) is 0 Å². The molecule has 2 rings (SSSR count). The first-order valence-corrected chi connectivity index (χ1v) is 6.80. The summed E-state index contributed by atoms with van der Waals surface area (Å²) in [5, 5.41) is 0. The van der Waals surface area contributed by atoms with Crippen LogP contribution in [0.1, 0.15) is 39.0 Å². The zero-order valence-electron chi connectivity index (χ0n) is 11.4. The van der Waals surface area contributed by atoms with Gasteiger partial charge in [0, 0.05) is 19.4 Å². The van der Waals surface area contributed by atoms with Crippen LogP contribution in [0.15, 0.2) is 36.4 Å². The smallest absolute Gasteiger partial charge is 0.342 e. The molecule has 4 nitrogen and oxygen atoms in total. The van der Waals surface area contributed by atoms with Gasteiger partial charge in [0.05, 0.1) is 0 Å². The molecule has 0 amide bonds. The molecule has 1 aromatic carbocycles. The van der Waals surface area contributed by atoms with Gasteiger partial charge in [0.2, 0.25) is 6.29 Å². The Bertz CT molecular complexity index is 293. The van der Waals surface area contributed by atoms with Gasteiger partial charge in [-0.3, -0.25) is 4.89 Å². The van der Waals surface area contributed by atoms with Crippen molar-refractivity contribution in [1.82, 2.24) is 0 Å². The molecule has 0 bridgehead atoms. The highest BCUT2D eigenvalue weighted by Crippen LogP contribution is 2.14. The SMILES string of the molecule is CCCC(=O)OOC1CCCCO1.c1ccccc1. The van der Waals surface area contributed by atoms with Crippen molar-refractivity contribution in [3.8, 4) is 0 Å². The van der Waals surface area contributed by atoms with Crippen molar-refractivity contribution in [1.29, 1.82) is 0 Å². The Hall–Kier alpha value is -1.39. The van der Waals surface area contributed by atoms with Crippen molar-refractivity contribution in [2.24, 2.45) is 0 Å². The monoisotopic (exact) mass is 266 g/mol. The minimum Gasteiger partial charge on any atom is -0.349 e. The minimum atomic E-state index is -0.352. The van der Waals surface area contributed by atoms with E-state index >= 15 is 0 Å². The summed E-state index contributed by atoms with van der Waals surface area (Å²) < 4.78 is 5.21. The highest BCUT2D eigenvalue weighted by molar-refractivity contribution is 5.68. The van der Waals surface area contributed by atoms with Gasteiger partial charge in [-0.25, -0.2) is 4.79 Å². The van der Waals surface area contributed by atoms with Crippen LogP contribution in [-0.4, -0.2) is 18.9 Å². The van der Waals surface area contributed by atoms with E-state index in [-0.39, 0.29) is 12.3 Å². The molecule has 0 N–H and O–H groups in total. The highest BCUT2D eigenvalue weighted by atomic mass is 17.2. The Labute approximate surface area is 114 Å². The topological polar surface area (TPSA) is 44.8 Å². The molecule has 0 spiro atoms. The summed E-state index contributed by atoms with van der Waals surface area (Å²) in [6, 6.07) is 12.0. The van der Waals surface area contributed by atoms with Crippen LogP contribution < -0.4 is 0 Å². The Morgan fingerprint density at radius 1 is 1.16 bits per heavy atom. The summed E-state index contributed by atoms with van der Waals surface area (Å²) in [4.78, 5) is 20.3. The van der Waals surface area contributed by atoms with Crippen LogP contribution in [-0.2, 0) is 19.3 Å². The van der Waals surface area contributed by atoms with E-state index in [1.54, 1.807) is 0 Å². The van der Waals surface area contributed by atoms with Gasteiger partial charge in [0.25, 0.3) is 0 Å². The number of hydrogen-bond donors (Lipinski definition) is 0. The minimum absolute atomic E-state index is 0.323. The average molecular weight is 266 g/mol. The van der Waals surface area contributed by atoms with Gasteiger partial charge in [-0.2, -0.15) is 4.89 Å². The predicted molar refractivity (Wildman–Crippen MR) is 72.1 cm³/mol. The number of ether oxygens (including phenoxy) is 1. The van der Waals surface area contributed by atoms with E-state index in [1.807, 2.05) is 43.3 Å². The largest absolute Gasteiger partial charge is 0.349 e. The number of hydrogen-bond acceptors (Lipinski definition) is 4. The van der Waals surface area contributed by atoms with Gasteiger partial charge in [0.1, 0.15) is 0 Å². The second-order valence-corrected chi connectivity index (χ2v) is 4.25. The second-order valence-electron chi connectivity index (χ2n) is 4.25. The van der Waals surface area contributed by atoms with E-state index in [1.165, 1.54) is 0 Å². The Morgan fingerprint density at radius 2 is 1.79 bits per heavy atom. The van der Waals surface area contributed by atoms with Gasteiger partial charge >= 0.3 is 5.97 Å². The van der Waals surface area contributed by atoms with Crippen LogP contribution in [0.2, 0.25) is 0 Å². The molecule has 1 unspecified atom stereocenters. The van der Waals surface area contributed by atoms with Gasteiger partial charge < -0.3 is 4.74 Å². The maximum atomic E-state index is 10.9. The van der Waals surface area contributed by atoms with Crippen LogP contribution >= 0.6 is 0 Å². The Kier molecular flexibility index (Phi) is 8.68. The first kappa shape index (κ1) is 15.7. The standard InChI is InChI=1S/C9H16O4.C6H6/c1-2-5-8(10)12-13-9-6-3-4-7-11-9;1-2-4-6-5-3-1/h9H,2-7H2,1H3;1-6H. The van der Waals surface area contributed by atoms with Gasteiger partial charge in [-0.15, -0.1) is 0 Å². The highest BCUT2D eigenvalue weighted by Gasteiger charge is 2.16. The molecule has 1 aromatic rings. The maximum absolute atomic E-state index is 10.9. The van der Waals surface area contributed by atoms with E-state index in [9.17, 15) is 4.79 Å². The molecule has 1 fully saturated rings. The van der Waals surface area contributed by atoms with E-state index in [2.05, 4.69) is 4.89 Å².